The lowest BCUT2D eigenvalue weighted by atomic mass is 9.50. The van der Waals surface area contributed by atoms with Crippen LogP contribution in [0.3, 0.4) is 0 Å². The molecule has 46 heavy (non-hydrogen) atoms. The number of hydrogen-bond acceptors (Lipinski definition) is 9. The smallest absolute Gasteiger partial charge is 0.190 e. The number of fused-ring (bicyclic) bond motifs is 6. The number of allylic oxidation sites excluding steroid dienone is 1. The minimum Gasteiger partial charge on any atom is -0.388 e. The third kappa shape index (κ3) is 5.02. The molecule has 0 spiro atoms. The summed E-state index contributed by atoms with van der Waals surface area (Å²) in [5.41, 5.74) is 1.59. The van der Waals surface area contributed by atoms with Gasteiger partial charge in [0, 0.05) is 11.8 Å². The number of ether oxygens (including phenoxy) is 4. The maximum absolute atomic E-state index is 12.4. The van der Waals surface area contributed by atoms with E-state index in [0.717, 1.165) is 44.1 Å². The topological polar surface area (TPSA) is 125 Å². The van der Waals surface area contributed by atoms with E-state index in [2.05, 4.69) is 17.2 Å². The lowest BCUT2D eigenvalue weighted by Crippen LogP contribution is -2.51. The number of hydrogen-bond donors (Lipinski definition) is 2. The highest BCUT2D eigenvalue weighted by molar-refractivity contribution is 5.91. The van der Waals surface area contributed by atoms with Crippen molar-refractivity contribution in [1.29, 1.82) is 0 Å². The van der Waals surface area contributed by atoms with Crippen molar-refractivity contribution >= 4 is 5.78 Å². The zero-order chi connectivity index (χ0) is 31.8. The number of rotatable bonds is 7. The number of carbonyl (C=O) groups is 1. The second-order valence-corrected chi connectivity index (χ2v) is 15.4. The first kappa shape index (κ1) is 30.8. The average molecular weight is 634 g/mol. The quantitative estimate of drug-likeness (QED) is 0.456. The molecule has 0 bridgehead atoms. The van der Waals surface area contributed by atoms with E-state index >= 15 is 0 Å². The van der Waals surface area contributed by atoms with Crippen molar-refractivity contribution in [3.05, 3.63) is 59.4 Å². The first-order chi connectivity index (χ1) is 22.0. The second kappa shape index (κ2) is 11.3. The van der Waals surface area contributed by atoms with E-state index in [1.54, 1.807) is 4.68 Å². The lowest BCUT2D eigenvalue weighted by Gasteiger charge is -2.55. The molecule has 1 aromatic heterocycles. The zero-order valence-electron chi connectivity index (χ0n) is 27.1. The molecule has 0 unspecified atom stereocenters. The summed E-state index contributed by atoms with van der Waals surface area (Å²) < 4.78 is 26.3. The summed E-state index contributed by atoms with van der Waals surface area (Å²) in [4.78, 5) is 12.1. The van der Waals surface area contributed by atoms with Crippen LogP contribution in [0.1, 0.15) is 83.4 Å². The van der Waals surface area contributed by atoms with Gasteiger partial charge in [-0.3, -0.25) is 4.79 Å². The fourth-order valence-electron chi connectivity index (χ4n) is 10.3. The highest BCUT2D eigenvalue weighted by Crippen LogP contribution is 2.67. The molecule has 5 fully saturated rings. The molecule has 8 rings (SSSR count). The van der Waals surface area contributed by atoms with Crippen molar-refractivity contribution < 1.29 is 34.0 Å². The van der Waals surface area contributed by atoms with Crippen molar-refractivity contribution in [3.63, 3.8) is 0 Å². The van der Waals surface area contributed by atoms with E-state index in [0.29, 0.717) is 48.8 Å². The molecular formula is C36H47N3O7. The number of benzene rings is 1. The standard InChI is InChI=1S/C36H47N3O7/c1-34(2)45-32-31(43-20-21-7-5-4-6-8-21)30(44-33(32)46-34)28(41)18-39-19-29(37-38-39)36(42)16-14-27-26-11-9-22-17-23(40)10-12-24(22)25(26)13-15-35(27,36)3/h4-8,17,19,24-28,30-33,41-42H,9-16,18,20H2,1-3H3/t24-,25+,26+,27-,28+,30+,31-,32+,33+,35-,36+/m0/s1. The van der Waals surface area contributed by atoms with Crippen LogP contribution in [0.5, 0.6) is 0 Å². The van der Waals surface area contributed by atoms with Gasteiger partial charge in [0.1, 0.15) is 35.7 Å². The number of aliphatic hydroxyl groups is 2. The zero-order valence-corrected chi connectivity index (χ0v) is 27.1. The highest BCUT2D eigenvalue weighted by Gasteiger charge is 2.64. The lowest BCUT2D eigenvalue weighted by molar-refractivity contribution is -0.231. The van der Waals surface area contributed by atoms with Crippen LogP contribution in [0.4, 0.5) is 0 Å². The molecule has 2 aliphatic heterocycles. The number of aromatic nitrogens is 3. The summed E-state index contributed by atoms with van der Waals surface area (Å²) in [6, 6.07) is 9.89. The van der Waals surface area contributed by atoms with E-state index < -0.39 is 42.1 Å². The summed E-state index contributed by atoms with van der Waals surface area (Å²) >= 11 is 0. The SMILES string of the molecule is CC1(C)O[C@H]2O[C@H]([C@H](O)Cn3cc([C@]4(O)CC[C@H]5[C@@H]6CCC7=CC(=O)CC[C@@H]7[C@H]6CC[C@@]54C)nn3)[C@H](OCc3ccccc3)[C@H]2O1. The Balaban J connectivity index is 0.972. The number of nitrogens with zero attached hydrogens (tertiary/aromatic N) is 3. The third-order valence-electron chi connectivity index (χ3n) is 12.5. The molecular weight excluding hydrogens is 586 g/mol. The molecule has 2 N–H and O–H groups in total. The van der Waals surface area contributed by atoms with Gasteiger partial charge in [-0.15, -0.1) is 5.10 Å². The Morgan fingerprint density at radius 3 is 2.70 bits per heavy atom. The Labute approximate surface area is 270 Å². The molecule has 10 heteroatoms. The van der Waals surface area contributed by atoms with Crippen LogP contribution in [0.25, 0.3) is 0 Å². The van der Waals surface area contributed by atoms with Crippen LogP contribution in [0, 0.1) is 29.1 Å². The van der Waals surface area contributed by atoms with Crippen molar-refractivity contribution in [2.24, 2.45) is 29.1 Å². The van der Waals surface area contributed by atoms with Gasteiger partial charge < -0.3 is 29.2 Å². The fourth-order valence-corrected chi connectivity index (χ4v) is 10.3. The first-order valence-electron chi connectivity index (χ1n) is 17.3. The average Bonchev–Trinajstić information content (AvgIpc) is 3.77. The molecule has 10 nitrogen and oxygen atoms in total. The van der Waals surface area contributed by atoms with Crippen LogP contribution >= 0.6 is 0 Å². The predicted octanol–water partition coefficient (Wildman–Crippen LogP) is 4.43. The predicted molar refractivity (Wildman–Crippen MR) is 166 cm³/mol. The Kier molecular flexibility index (Phi) is 7.58. The van der Waals surface area contributed by atoms with Gasteiger partial charge in [-0.25, -0.2) is 4.68 Å². The molecule has 2 aromatic rings. The molecule has 3 heterocycles. The Morgan fingerprint density at radius 1 is 1.04 bits per heavy atom. The fraction of sp³-hybridized carbons (Fsp3) is 0.694. The van der Waals surface area contributed by atoms with E-state index in [9.17, 15) is 15.0 Å². The van der Waals surface area contributed by atoms with Gasteiger partial charge >= 0.3 is 0 Å². The van der Waals surface area contributed by atoms with Crippen molar-refractivity contribution in [2.75, 3.05) is 0 Å². The molecule has 248 valence electrons. The molecule has 1 aromatic carbocycles. The third-order valence-corrected chi connectivity index (χ3v) is 12.5. The van der Waals surface area contributed by atoms with Crippen LogP contribution in [-0.2, 0) is 42.5 Å². The van der Waals surface area contributed by atoms with Gasteiger partial charge in [0.2, 0.25) is 0 Å². The van der Waals surface area contributed by atoms with Crippen molar-refractivity contribution in [1.82, 2.24) is 15.0 Å². The summed E-state index contributed by atoms with van der Waals surface area (Å²) in [6.07, 6.45) is 7.77. The van der Waals surface area contributed by atoms with Gasteiger partial charge in [0.05, 0.1) is 19.3 Å². The van der Waals surface area contributed by atoms with Gasteiger partial charge in [-0.1, -0.05) is 48.0 Å². The molecule has 0 radical (unpaired) electrons. The van der Waals surface area contributed by atoms with Crippen LogP contribution in [-0.4, -0.2) is 67.5 Å². The van der Waals surface area contributed by atoms with Gasteiger partial charge in [-0.2, -0.15) is 0 Å². The van der Waals surface area contributed by atoms with E-state index in [1.165, 1.54) is 5.57 Å². The summed E-state index contributed by atoms with van der Waals surface area (Å²) in [7, 11) is 0. The molecule has 2 saturated heterocycles. The Hall–Kier alpha value is -2.47. The summed E-state index contributed by atoms with van der Waals surface area (Å²) in [6.45, 7) is 6.42. The maximum atomic E-state index is 12.4. The second-order valence-electron chi connectivity index (χ2n) is 15.4. The van der Waals surface area contributed by atoms with E-state index in [-0.39, 0.29) is 17.7 Å². The monoisotopic (exact) mass is 633 g/mol. The van der Waals surface area contributed by atoms with Crippen LogP contribution in [0.15, 0.2) is 48.2 Å². The number of aliphatic hydroxyl groups excluding tert-OH is 1. The van der Waals surface area contributed by atoms with Gasteiger partial charge in [-0.05, 0) is 94.1 Å². The minimum atomic E-state index is -1.08. The first-order valence-corrected chi connectivity index (χ1v) is 17.3. The van der Waals surface area contributed by atoms with Gasteiger partial charge in [0.25, 0.3) is 0 Å². The molecule has 11 atom stereocenters. The summed E-state index contributed by atoms with van der Waals surface area (Å²) in [5.74, 6) is 1.57. The highest BCUT2D eigenvalue weighted by atomic mass is 16.8. The molecule has 3 saturated carbocycles. The maximum Gasteiger partial charge on any atom is 0.190 e. The largest absolute Gasteiger partial charge is 0.388 e. The Morgan fingerprint density at radius 2 is 1.87 bits per heavy atom. The molecule has 4 aliphatic carbocycles. The minimum absolute atomic E-state index is 0.127. The van der Waals surface area contributed by atoms with Crippen LogP contribution in [0.2, 0.25) is 0 Å². The van der Waals surface area contributed by atoms with Gasteiger partial charge in [0.15, 0.2) is 17.9 Å². The molecule has 0 amide bonds. The van der Waals surface area contributed by atoms with Crippen LogP contribution < -0.4 is 0 Å². The normalized spacial score (nSPS) is 41.8. The Bertz CT molecular complexity index is 1490. The van der Waals surface area contributed by atoms with Crippen molar-refractivity contribution in [2.45, 2.75) is 127 Å². The van der Waals surface area contributed by atoms with E-state index in [1.807, 2.05) is 56.5 Å². The summed E-state index contributed by atoms with van der Waals surface area (Å²) in [5, 5.41) is 32.8. The number of ketones is 1. The van der Waals surface area contributed by atoms with Crippen molar-refractivity contribution in [3.8, 4) is 0 Å². The molecule has 6 aliphatic rings. The van der Waals surface area contributed by atoms with E-state index in [4.69, 9.17) is 18.9 Å². The number of carbonyl (C=O) groups excluding carboxylic acids is 1.